The zero-order valence-electron chi connectivity index (χ0n) is 11.8. The van der Waals surface area contributed by atoms with E-state index in [4.69, 9.17) is 4.74 Å². The van der Waals surface area contributed by atoms with Crippen LogP contribution in [0.15, 0.2) is 41.9 Å². The van der Waals surface area contributed by atoms with E-state index in [-0.39, 0.29) is 0 Å². The van der Waals surface area contributed by atoms with E-state index in [1.807, 2.05) is 44.2 Å². The molecular formula is C15H23N3O. The second kappa shape index (κ2) is 9.03. The molecule has 0 saturated carbocycles. The molecule has 0 aliphatic rings. The highest BCUT2D eigenvalue weighted by Gasteiger charge is 1.98. The molecule has 0 aromatic heterocycles. The number of ether oxygens (including phenoxy) is 1. The topological polar surface area (TPSA) is 45.7 Å². The first-order valence-corrected chi connectivity index (χ1v) is 6.65. The molecule has 0 aliphatic carbocycles. The van der Waals surface area contributed by atoms with Crippen LogP contribution in [0.3, 0.4) is 0 Å². The molecule has 0 unspecified atom stereocenters. The summed E-state index contributed by atoms with van der Waals surface area (Å²) in [6, 6.07) is 8.00. The predicted molar refractivity (Wildman–Crippen MR) is 80.6 cm³/mol. The number of guanidine groups is 1. The molecule has 1 aromatic carbocycles. The molecule has 19 heavy (non-hydrogen) atoms. The zero-order chi connectivity index (χ0) is 13.9. The molecule has 104 valence electrons. The maximum Gasteiger partial charge on any atom is 0.191 e. The summed E-state index contributed by atoms with van der Waals surface area (Å²) in [5, 5.41) is 6.36. The Morgan fingerprint density at radius 2 is 2.21 bits per heavy atom. The summed E-state index contributed by atoms with van der Waals surface area (Å²) in [5.74, 6) is 1.68. The average Bonchev–Trinajstić information content (AvgIpc) is 2.43. The van der Waals surface area contributed by atoms with Crippen LogP contribution in [0.2, 0.25) is 0 Å². The van der Waals surface area contributed by atoms with Gasteiger partial charge in [0.2, 0.25) is 0 Å². The van der Waals surface area contributed by atoms with E-state index < -0.39 is 0 Å². The zero-order valence-corrected chi connectivity index (χ0v) is 11.8. The number of hydrogen-bond acceptors (Lipinski definition) is 2. The summed E-state index contributed by atoms with van der Waals surface area (Å²) >= 11 is 0. The summed E-state index contributed by atoms with van der Waals surface area (Å²) < 4.78 is 5.47. The van der Waals surface area contributed by atoms with Gasteiger partial charge in [0, 0.05) is 13.1 Å². The van der Waals surface area contributed by atoms with Crippen molar-refractivity contribution >= 4 is 5.96 Å². The van der Waals surface area contributed by atoms with E-state index >= 15 is 0 Å². The van der Waals surface area contributed by atoms with Crippen LogP contribution in [0.4, 0.5) is 0 Å². The molecule has 1 rings (SSSR count). The number of benzene rings is 1. The van der Waals surface area contributed by atoms with Crippen LogP contribution < -0.4 is 15.4 Å². The first-order valence-electron chi connectivity index (χ1n) is 6.65. The molecule has 0 fully saturated rings. The lowest BCUT2D eigenvalue weighted by Crippen LogP contribution is -2.37. The third kappa shape index (κ3) is 5.95. The Hall–Kier alpha value is -1.97. The standard InChI is InChI=1S/C15H23N3O/c1-4-10-17-15(16-5-2)18-12-13-8-7-9-14(11-13)19-6-3/h4,7-9,11H,1,5-6,10,12H2,2-3H3,(H2,16,17,18). The van der Waals surface area contributed by atoms with Gasteiger partial charge in [-0.05, 0) is 31.5 Å². The lowest BCUT2D eigenvalue weighted by molar-refractivity contribution is 0.340. The minimum atomic E-state index is 0.618. The van der Waals surface area contributed by atoms with Gasteiger partial charge in [0.15, 0.2) is 5.96 Å². The van der Waals surface area contributed by atoms with Gasteiger partial charge >= 0.3 is 0 Å². The van der Waals surface area contributed by atoms with Gasteiger partial charge in [0.25, 0.3) is 0 Å². The van der Waals surface area contributed by atoms with Crippen molar-refractivity contribution in [3.63, 3.8) is 0 Å². The van der Waals surface area contributed by atoms with Crippen molar-refractivity contribution in [3.8, 4) is 5.75 Å². The number of rotatable bonds is 7. The summed E-state index contributed by atoms with van der Waals surface area (Å²) in [5.41, 5.74) is 1.13. The fraction of sp³-hybridized carbons (Fsp3) is 0.400. The van der Waals surface area contributed by atoms with E-state index in [0.717, 1.165) is 23.8 Å². The normalized spacial score (nSPS) is 10.9. The molecule has 0 saturated heterocycles. The SMILES string of the molecule is C=CCNC(=NCc1cccc(OCC)c1)NCC. The van der Waals surface area contributed by atoms with Crippen molar-refractivity contribution < 1.29 is 4.74 Å². The van der Waals surface area contributed by atoms with Crippen LogP contribution in [-0.4, -0.2) is 25.7 Å². The van der Waals surface area contributed by atoms with Crippen molar-refractivity contribution in [2.45, 2.75) is 20.4 Å². The summed E-state index contributed by atoms with van der Waals surface area (Å²) in [7, 11) is 0. The van der Waals surface area contributed by atoms with E-state index in [0.29, 0.717) is 19.7 Å². The summed E-state index contributed by atoms with van der Waals surface area (Å²) in [6.07, 6.45) is 1.81. The van der Waals surface area contributed by atoms with Crippen molar-refractivity contribution in [3.05, 3.63) is 42.5 Å². The van der Waals surface area contributed by atoms with E-state index in [1.54, 1.807) is 0 Å². The van der Waals surface area contributed by atoms with Gasteiger partial charge in [-0.2, -0.15) is 0 Å². The quantitative estimate of drug-likeness (QED) is 0.450. The second-order valence-electron chi connectivity index (χ2n) is 3.95. The Kier molecular flexibility index (Phi) is 7.17. The van der Waals surface area contributed by atoms with Gasteiger partial charge in [-0.1, -0.05) is 18.2 Å². The lowest BCUT2D eigenvalue weighted by atomic mass is 10.2. The first kappa shape index (κ1) is 15.1. The van der Waals surface area contributed by atoms with Crippen LogP contribution in [0, 0.1) is 0 Å². The predicted octanol–water partition coefficient (Wildman–Crippen LogP) is 2.33. The molecule has 0 radical (unpaired) electrons. The fourth-order valence-electron chi connectivity index (χ4n) is 1.58. The molecule has 4 heteroatoms. The number of nitrogens with zero attached hydrogens (tertiary/aromatic N) is 1. The Labute approximate surface area is 115 Å². The largest absolute Gasteiger partial charge is 0.494 e. The summed E-state index contributed by atoms with van der Waals surface area (Å²) in [6.45, 7) is 10.5. The van der Waals surface area contributed by atoms with Crippen molar-refractivity contribution in [2.75, 3.05) is 19.7 Å². The number of hydrogen-bond donors (Lipinski definition) is 2. The van der Waals surface area contributed by atoms with E-state index in [2.05, 4.69) is 22.2 Å². The minimum Gasteiger partial charge on any atom is -0.494 e. The van der Waals surface area contributed by atoms with Gasteiger partial charge in [-0.15, -0.1) is 6.58 Å². The highest BCUT2D eigenvalue weighted by Crippen LogP contribution is 2.13. The Balaban J connectivity index is 2.64. The average molecular weight is 261 g/mol. The highest BCUT2D eigenvalue weighted by molar-refractivity contribution is 5.79. The van der Waals surface area contributed by atoms with Crippen molar-refractivity contribution in [1.82, 2.24) is 10.6 Å². The third-order valence-corrected chi connectivity index (χ3v) is 2.39. The molecular weight excluding hydrogens is 238 g/mol. The maximum atomic E-state index is 5.47. The van der Waals surface area contributed by atoms with E-state index in [1.165, 1.54) is 0 Å². The highest BCUT2D eigenvalue weighted by atomic mass is 16.5. The summed E-state index contributed by atoms with van der Waals surface area (Å²) in [4.78, 5) is 4.51. The molecule has 4 nitrogen and oxygen atoms in total. The maximum absolute atomic E-state index is 5.47. The Morgan fingerprint density at radius 3 is 2.89 bits per heavy atom. The minimum absolute atomic E-state index is 0.618. The molecule has 0 aliphatic heterocycles. The van der Waals surface area contributed by atoms with Crippen LogP contribution in [0.1, 0.15) is 19.4 Å². The lowest BCUT2D eigenvalue weighted by Gasteiger charge is -2.09. The molecule has 0 bridgehead atoms. The Morgan fingerprint density at radius 1 is 1.37 bits per heavy atom. The monoisotopic (exact) mass is 261 g/mol. The molecule has 0 amide bonds. The van der Waals surface area contributed by atoms with E-state index in [9.17, 15) is 0 Å². The third-order valence-electron chi connectivity index (χ3n) is 2.39. The number of nitrogens with one attached hydrogen (secondary N) is 2. The van der Waals surface area contributed by atoms with Crippen LogP contribution in [0.5, 0.6) is 5.75 Å². The fourth-order valence-corrected chi connectivity index (χ4v) is 1.58. The van der Waals surface area contributed by atoms with Crippen molar-refractivity contribution in [1.29, 1.82) is 0 Å². The van der Waals surface area contributed by atoms with Gasteiger partial charge in [-0.3, -0.25) is 0 Å². The number of aliphatic imine (C=N–C) groups is 1. The van der Waals surface area contributed by atoms with Gasteiger partial charge in [0.05, 0.1) is 13.2 Å². The Bertz CT molecular complexity index is 416. The van der Waals surface area contributed by atoms with Crippen LogP contribution >= 0.6 is 0 Å². The molecule has 0 heterocycles. The smallest absolute Gasteiger partial charge is 0.191 e. The molecule has 0 atom stereocenters. The van der Waals surface area contributed by atoms with Crippen LogP contribution in [0.25, 0.3) is 0 Å². The van der Waals surface area contributed by atoms with Gasteiger partial charge < -0.3 is 15.4 Å². The first-order chi connectivity index (χ1) is 9.30. The molecule has 0 spiro atoms. The van der Waals surface area contributed by atoms with Crippen molar-refractivity contribution in [2.24, 2.45) is 4.99 Å². The van der Waals surface area contributed by atoms with Crippen LogP contribution in [-0.2, 0) is 6.54 Å². The second-order valence-corrected chi connectivity index (χ2v) is 3.95. The van der Waals surface area contributed by atoms with Gasteiger partial charge in [-0.25, -0.2) is 4.99 Å². The van der Waals surface area contributed by atoms with Gasteiger partial charge in [0.1, 0.15) is 5.75 Å². The molecule has 2 N–H and O–H groups in total. The molecule has 1 aromatic rings.